The van der Waals surface area contributed by atoms with Gasteiger partial charge in [-0.3, -0.25) is 9.63 Å². The summed E-state index contributed by atoms with van der Waals surface area (Å²) in [5.74, 6) is 0.288. The molecule has 1 aliphatic heterocycles. The lowest BCUT2D eigenvalue weighted by atomic mass is 9.89. The van der Waals surface area contributed by atoms with Gasteiger partial charge in [0.15, 0.2) is 0 Å². The molecule has 0 saturated carbocycles. The standard InChI is InChI=1S/C10H19NO3/c1-7(2)14-11-10(12)9-4-5-13-6-8(9)3/h7-9H,4-6H2,1-3H3,(H,11,12). The molecule has 0 aliphatic carbocycles. The summed E-state index contributed by atoms with van der Waals surface area (Å²) < 4.78 is 5.27. The second-order valence-electron chi connectivity index (χ2n) is 4.08. The molecule has 4 heteroatoms. The van der Waals surface area contributed by atoms with Gasteiger partial charge in [0, 0.05) is 19.1 Å². The lowest BCUT2D eigenvalue weighted by Crippen LogP contribution is -2.39. The van der Waals surface area contributed by atoms with E-state index in [1.807, 2.05) is 20.8 Å². The van der Waals surface area contributed by atoms with Crippen LogP contribution in [0.5, 0.6) is 0 Å². The molecular weight excluding hydrogens is 182 g/mol. The minimum Gasteiger partial charge on any atom is -0.381 e. The number of hydrogen-bond donors (Lipinski definition) is 1. The highest BCUT2D eigenvalue weighted by Crippen LogP contribution is 2.21. The molecule has 1 saturated heterocycles. The summed E-state index contributed by atoms with van der Waals surface area (Å²) in [6.45, 7) is 7.13. The number of hydroxylamine groups is 1. The number of hydrogen-bond acceptors (Lipinski definition) is 3. The first kappa shape index (κ1) is 11.5. The maximum atomic E-state index is 11.6. The van der Waals surface area contributed by atoms with Gasteiger partial charge in [0.05, 0.1) is 6.10 Å². The van der Waals surface area contributed by atoms with Gasteiger partial charge >= 0.3 is 0 Å². The average molecular weight is 201 g/mol. The van der Waals surface area contributed by atoms with Crippen molar-refractivity contribution in [2.45, 2.75) is 33.3 Å². The number of amides is 1. The van der Waals surface area contributed by atoms with Crippen molar-refractivity contribution in [3.05, 3.63) is 0 Å². The van der Waals surface area contributed by atoms with Crippen LogP contribution >= 0.6 is 0 Å². The first-order valence-corrected chi connectivity index (χ1v) is 5.14. The van der Waals surface area contributed by atoms with Gasteiger partial charge in [-0.05, 0) is 26.2 Å². The van der Waals surface area contributed by atoms with Crippen LogP contribution < -0.4 is 5.48 Å². The Morgan fingerprint density at radius 2 is 2.29 bits per heavy atom. The van der Waals surface area contributed by atoms with E-state index in [1.165, 1.54) is 0 Å². The summed E-state index contributed by atoms with van der Waals surface area (Å²) in [6, 6.07) is 0. The molecule has 14 heavy (non-hydrogen) atoms. The molecule has 1 N–H and O–H groups in total. The third kappa shape index (κ3) is 3.27. The van der Waals surface area contributed by atoms with Crippen molar-refractivity contribution in [2.24, 2.45) is 11.8 Å². The zero-order valence-corrected chi connectivity index (χ0v) is 9.08. The highest BCUT2D eigenvalue weighted by atomic mass is 16.7. The molecule has 0 aromatic heterocycles. The number of carbonyl (C=O) groups excluding carboxylic acids is 1. The van der Waals surface area contributed by atoms with E-state index in [-0.39, 0.29) is 23.8 Å². The van der Waals surface area contributed by atoms with E-state index < -0.39 is 0 Å². The number of ether oxygens (including phenoxy) is 1. The molecule has 82 valence electrons. The molecule has 0 aromatic carbocycles. The van der Waals surface area contributed by atoms with Crippen molar-refractivity contribution < 1.29 is 14.4 Å². The minimum absolute atomic E-state index is 0.0190. The van der Waals surface area contributed by atoms with Crippen LogP contribution in [-0.2, 0) is 14.4 Å². The van der Waals surface area contributed by atoms with Crippen LogP contribution in [-0.4, -0.2) is 25.2 Å². The number of rotatable bonds is 3. The first-order valence-electron chi connectivity index (χ1n) is 5.14. The smallest absolute Gasteiger partial charge is 0.247 e. The van der Waals surface area contributed by atoms with E-state index in [0.717, 1.165) is 6.42 Å². The van der Waals surface area contributed by atoms with E-state index >= 15 is 0 Å². The second kappa shape index (κ2) is 5.32. The SMILES string of the molecule is CC(C)ONC(=O)C1CCOCC1C. The van der Waals surface area contributed by atoms with Crippen molar-refractivity contribution in [1.82, 2.24) is 5.48 Å². The Bertz CT molecular complexity index is 194. The highest BCUT2D eigenvalue weighted by molar-refractivity contribution is 5.77. The first-order chi connectivity index (χ1) is 6.61. The zero-order chi connectivity index (χ0) is 10.6. The summed E-state index contributed by atoms with van der Waals surface area (Å²) in [5, 5.41) is 0. The van der Waals surface area contributed by atoms with Crippen LogP contribution in [0.15, 0.2) is 0 Å². The normalized spacial score (nSPS) is 27.7. The molecule has 0 spiro atoms. The van der Waals surface area contributed by atoms with E-state index in [2.05, 4.69) is 5.48 Å². The Hall–Kier alpha value is -0.610. The van der Waals surface area contributed by atoms with Gasteiger partial charge in [0.2, 0.25) is 5.91 Å². The van der Waals surface area contributed by atoms with Crippen LogP contribution in [0.25, 0.3) is 0 Å². The van der Waals surface area contributed by atoms with Crippen molar-refractivity contribution in [1.29, 1.82) is 0 Å². The predicted octanol–water partition coefficient (Wildman–Crippen LogP) is 1.12. The molecule has 0 radical (unpaired) electrons. The fourth-order valence-electron chi connectivity index (χ4n) is 1.52. The fourth-order valence-corrected chi connectivity index (χ4v) is 1.52. The molecular formula is C10H19NO3. The van der Waals surface area contributed by atoms with Gasteiger partial charge in [-0.1, -0.05) is 6.92 Å². The Morgan fingerprint density at radius 3 is 2.86 bits per heavy atom. The van der Waals surface area contributed by atoms with Gasteiger partial charge in [-0.25, -0.2) is 5.48 Å². The number of nitrogens with one attached hydrogen (secondary N) is 1. The quantitative estimate of drug-likeness (QED) is 0.696. The predicted molar refractivity (Wildman–Crippen MR) is 52.5 cm³/mol. The van der Waals surface area contributed by atoms with Crippen LogP contribution in [0.1, 0.15) is 27.2 Å². The molecule has 1 amide bonds. The average Bonchev–Trinajstić information content (AvgIpc) is 2.15. The summed E-state index contributed by atoms with van der Waals surface area (Å²) in [7, 11) is 0. The third-order valence-corrected chi connectivity index (χ3v) is 2.37. The van der Waals surface area contributed by atoms with Crippen molar-refractivity contribution >= 4 is 5.91 Å². The molecule has 1 heterocycles. The van der Waals surface area contributed by atoms with Crippen LogP contribution in [0.2, 0.25) is 0 Å². The van der Waals surface area contributed by atoms with Crippen molar-refractivity contribution in [2.75, 3.05) is 13.2 Å². The summed E-state index contributed by atoms with van der Waals surface area (Å²) in [5.41, 5.74) is 2.49. The molecule has 1 fully saturated rings. The zero-order valence-electron chi connectivity index (χ0n) is 9.08. The third-order valence-electron chi connectivity index (χ3n) is 2.37. The topological polar surface area (TPSA) is 47.6 Å². The maximum absolute atomic E-state index is 11.6. The van der Waals surface area contributed by atoms with Crippen LogP contribution in [0, 0.1) is 11.8 Å². The highest BCUT2D eigenvalue weighted by Gasteiger charge is 2.28. The lowest BCUT2D eigenvalue weighted by Gasteiger charge is -2.27. The Kier molecular flexibility index (Phi) is 4.35. The van der Waals surface area contributed by atoms with Crippen molar-refractivity contribution in [3.8, 4) is 0 Å². The molecule has 2 atom stereocenters. The second-order valence-corrected chi connectivity index (χ2v) is 4.08. The van der Waals surface area contributed by atoms with Gasteiger partial charge in [-0.15, -0.1) is 0 Å². The van der Waals surface area contributed by atoms with E-state index in [9.17, 15) is 4.79 Å². The maximum Gasteiger partial charge on any atom is 0.247 e. The Labute approximate surface area is 84.9 Å². The summed E-state index contributed by atoms with van der Waals surface area (Å²) >= 11 is 0. The van der Waals surface area contributed by atoms with Crippen LogP contribution in [0.4, 0.5) is 0 Å². The molecule has 1 rings (SSSR count). The minimum atomic E-state index is -0.0190. The summed E-state index contributed by atoms with van der Waals surface area (Å²) in [4.78, 5) is 16.7. The van der Waals surface area contributed by atoms with Crippen molar-refractivity contribution in [3.63, 3.8) is 0 Å². The van der Waals surface area contributed by atoms with Crippen LogP contribution in [0.3, 0.4) is 0 Å². The van der Waals surface area contributed by atoms with E-state index in [1.54, 1.807) is 0 Å². The molecule has 4 nitrogen and oxygen atoms in total. The van der Waals surface area contributed by atoms with Gasteiger partial charge in [0.25, 0.3) is 0 Å². The Morgan fingerprint density at radius 1 is 1.57 bits per heavy atom. The summed E-state index contributed by atoms with van der Waals surface area (Å²) in [6.07, 6.45) is 0.808. The van der Waals surface area contributed by atoms with E-state index in [0.29, 0.717) is 13.2 Å². The monoisotopic (exact) mass is 201 g/mol. The lowest BCUT2D eigenvalue weighted by molar-refractivity contribution is -0.146. The fraction of sp³-hybridized carbons (Fsp3) is 0.900. The van der Waals surface area contributed by atoms with Gasteiger partial charge < -0.3 is 4.74 Å². The molecule has 0 bridgehead atoms. The van der Waals surface area contributed by atoms with E-state index in [4.69, 9.17) is 9.57 Å². The number of carbonyl (C=O) groups is 1. The molecule has 1 aliphatic rings. The van der Waals surface area contributed by atoms with Gasteiger partial charge in [-0.2, -0.15) is 0 Å². The largest absolute Gasteiger partial charge is 0.381 e. The van der Waals surface area contributed by atoms with Gasteiger partial charge in [0.1, 0.15) is 0 Å². The molecule has 0 aromatic rings. The Balaban J connectivity index is 2.34. The molecule has 2 unspecified atom stereocenters.